The van der Waals surface area contributed by atoms with Crippen molar-refractivity contribution in [3.05, 3.63) is 55.0 Å². The normalized spacial score (nSPS) is 11.9. The van der Waals surface area contributed by atoms with Crippen LogP contribution in [0.3, 0.4) is 0 Å². The molecule has 130 valence electrons. The van der Waals surface area contributed by atoms with E-state index in [0.717, 1.165) is 13.0 Å². The Hall–Kier alpha value is -3.23. The minimum absolute atomic E-state index is 0.0875. The average Bonchev–Trinajstić information content (AvgIpc) is 3.25. The third-order valence-corrected chi connectivity index (χ3v) is 3.57. The Morgan fingerprint density at radius 2 is 2.04 bits per heavy atom. The van der Waals surface area contributed by atoms with E-state index in [-0.39, 0.29) is 12.1 Å². The lowest BCUT2D eigenvalue weighted by atomic mass is 10.2. The summed E-state index contributed by atoms with van der Waals surface area (Å²) in [6.45, 7) is 3.18. The van der Waals surface area contributed by atoms with Gasteiger partial charge < -0.3 is 5.32 Å². The lowest BCUT2D eigenvalue weighted by Crippen LogP contribution is -2.38. The molecule has 0 aliphatic heterocycles. The third-order valence-electron chi connectivity index (χ3n) is 3.57. The van der Waals surface area contributed by atoms with Gasteiger partial charge >= 0.3 is 6.03 Å². The molecule has 3 rings (SSSR count). The molecule has 0 bridgehead atoms. The van der Waals surface area contributed by atoms with E-state index < -0.39 is 0 Å². The molecule has 1 unspecified atom stereocenters. The van der Waals surface area contributed by atoms with Crippen LogP contribution in [0.15, 0.2) is 49.4 Å². The molecule has 3 aromatic heterocycles. The predicted octanol–water partition coefficient (Wildman–Crippen LogP) is 1.32. The van der Waals surface area contributed by atoms with Gasteiger partial charge in [-0.2, -0.15) is 10.2 Å². The summed E-state index contributed by atoms with van der Waals surface area (Å²) in [5.74, 6) is 0.514. The van der Waals surface area contributed by atoms with Gasteiger partial charge in [-0.1, -0.05) is 0 Å². The van der Waals surface area contributed by atoms with Crippen molar-refractivity contribution in [1.29, 1.82) is 0 Å². The van der Waals surface area contributed by atoms with E-state index >= 15 is 0 Å². The zero-order valence-electron chi connectivity index (χ0n) is 13.9. The second kappa shape index (κ2) is 8.04. The maximum Gasteiger partial charge on any atom is 0.320 e. The number of hydrogen-bond donors (Lipinski definition) is 2. The number of nitrogens with zero attached hydrogens (tertiary/aromatic N) is 6. The molecule has 1 atom stereocenters. The fraction of sp³-hybridized carbons (Fsp3) is 0.312. The summed E-state index contributed by atoms with van der Waals surface area (Å²) in [6, 6.07) is 5.34. The van der Waals surface area contributed by atoms with Gasteiger partial charge in [0.2, 0.25) is 0 Å². The number of urea groups is 1. The minimum atomic E-state index is -0.299. The molecule has 3 heterocycles. The number of carbonyl (C=O) groups excluding carboxylic acids is 1. The van der Waals surface area contributed by atoms with Gasteiger partial charge in [0.15, 0.2) is 5.82 Å². The van der Waals surface area contributed by atoms with E-state index in [9.17, 15) is 4.79 Å². The summed E-state index contributed by atoms with van der Waals surface area (Å²) >= 11 is 0. The van der Waals surface area contributed by atoms with Crippen molar-refractivity contribution in [3.8, 4) is 0 Å². The van der Waals surface area contributed by atoms with Gasteiger partial charge in [0, 0.05) is 37.2 Å². The Kier molecular flexibility index (Phi) is 5.35. The third kappa shape index (κ3) is 5.13. The number of anilines is 1. The number of rotatable bonds is 7. The van der Waals surface area contributed by atoms with Crippen LogP contribution in [0.5, 0.6) is 0 Å². The van der Waals surface area contributed by atoms with Crippen LogP contribution in [0, 0.1) is 0 Å². The van der Waals surface area contributed by atoms with Crippen LogP contribution in [0.4, 0.5) is 10.6 Å². The van der Waals surface area contributed by atoms with Crippen molar-refractivity contribution in [2.24, 2.45) is 0 Å². The first-order chi connectivity index (χ1) is 12.2. The molecule has 2 amide bonds. The smallest absolute Gasteiger partial charge is 0.320 e. The van der Waals surface area contributed by atoms with Crippen LogP contribution in [0.2, 0.25) is 0 Å². The summed E-state index contributed by atoms with van der Waals surface area (Å²) in [4.78, 5) is 19.9. The lowest BCUT2D eigenvalue weighted by Gasteiger charge is -2.13. The quantitative estimate of drug-likeness (QED) is 0.675. The Morgan fingerprint density at radius 1 is 1.20 bits per heavy atom. The van der Waals surface area contributed by atoms with Gasteiger partial charge in [-0.25, -0.2) is 9.78 Å². The first kappa shape index (κ1) is 16.6. The lowest BCUT2D eigenvalue weighted by molar-refractivity contribution is 0.247. The molecule has 0 radical (unpaired) electrons. The molecule has 0 saturated heterocycles. The second-order valence-electron chi connectivity index (χ2n) is 5.69. The first-order valence-corrected chi connectivity index (χ1v) is 8.01. The molecule has 0 spiro atoms. The highest BCUT2D eigenvalue weighted by Gasteiger charge is 2.10. The maximum atomic E-state index is 12.0. The minimum Gasteiger partial charge on any atom is -0.334 e. The van der Waals surface area contributed by atoms with E-state index in [1.165, 1.54) is 11.9 Å². The summed E-state index contributed by atoms with van der Waals surface area (Å²) in [6.07, 6.45) is 9.32. The molecule has 0 aliphatic rings. The fourth-order valence-electron chi connectivity index (χ4n) is 2.38. The number of amides is 2. The van der Waals surface area contributed by atoms with Crippen LogP contribution in [0.1, 0.15) is 12.5 Å². The first-order valence-electron chi connectivity index (χ1n) is 8.01. The van der Waals surface area contributed by atoms with Crippen LogP contribution in [-0.4, -0.2) is 41.6 Å². The second-order valence-corrected chi connectivity index (χ2v) is 5.69. The van der Waals surface area contributed by atoms with Crippen molar-refractivity contribution in [1.82, 2.24) is 34.8 Å². The Bertz CT molecular complexity index is 784. The van der Waals surface area contributed by atoms with Gasteiger partial charge in [-0.15, -0.1) is 0 Å². The molecule has 9 nitrogen and oxygen atoms in total. The molecule has 0 aromatic carbocycles. The van der Waals surface area contributed by atoms with Crippen molar-refractivity contribution in [2.75, 3.05) is 5.32 Å². The Morgan fingerprint density at radius 3 is 2.80 bits per heavy atom. The van der Waals surface area contributed by atoms with Crippen molar-refractivity contribution in [3.63, 3.8) is 0 Å². The number of carbonyl (C=O) groups is 1. The SMILES string of the molecule is CC(Cn1cncn1)NC(=O)Nc1ccn(CCc2ccncc2)n1. The van der Waals surface area contributed by atoms with E-state index in [1.54, 1.807) is 34.2 Å². The molecule has 9 heteroatoms. The fourth-order valence-corrected chi connectivity index (χ4v) is 2.38. The zero-order chi connectivity index (χ0) is 17.5. The van der Waals surface area contributed by atoms with Gasteiger partial charge in [-0.3, -0.25) is 19.7 Å². The van der Waals surface area contributed by atoms with Gasteiger partial charge in [0.25, 0.3) is 0 Å². The summed E-state index contributed by atoms with van der Waals surface area (Å²) in [5, 5.41) is 13.9. The largest absolute Gasteiger partial charge is 0.334 e. The van der Waals surface area contributed by atoms with Crippen molar-refractivity contribution >= 4 is 11.8 Å². The number of aryl methyl sites for hydroxylation is 2. The van der Waals surface area contributed by atoms with Crippen LogP contribution >= 0.6 is 0 Å². The molecule has 0 aliphatic carbocycles. The predicted molar refractivity (Wildman–Crippen MR) is 91.8 cm³/mol. The van der Waals surface area contributed by atoms with E-state index in [2.05, 4.69) is 30.8 Å². The number of nitrogens with one attached hydrogen (secondary N) is 2. The highest BCUT2D eigenvalue weighted by Crippen LogP contribution is 2.05. The highest BCUT2D eigenvalue weighted by atomic mass is 16.2. The number of pyridine rings is 1. The molecule has 0 fully saturated rings. The molecule has 2 N–H and O–H groups in total. The van der Waals surface area contributed by atoms with E-state index in [1.807, 2.05) is 25.3 Å². The molecular formula is C16H20N8O. The number of aromatic nitrogens is 6. The summed E-state index contributed by atoms with van der Waals surface area (Å²) < 4.78 is 3.47. The molecule has 25 heavy (non-hydrogen) atoms. The van der Waals surface area contributed by atoms with E-state index in [4.69, 9.17) is 0 Å². The monoisotopic (exact) mass is 340 g/mol. The van der Waals surface area contributed by atoms with Crippen LogP contribution < -0.4 is 10.6 Å². The molecule has 3 aromatic rings. The zero-order valence-corrected chi connectivity index (χ0v) is 13.9. The summed E-state index contributed by atoms with van der Waals surface area (Å²) in [7, 11) is 0. The Labute approximate surface area is 145 Å². The molecular weight excluding hydrogens is 320 g/mol. The van der Waals surface area contributed by atoms with Gasteiger partial charge in [0.05, 0.1) is 6.54 Å². The summed E-state index contributed by atoms with van der Waals surface area (Å²) in [5.41, 5.74) is 1.19. The average molecular weight is 340 g/mol. The molecule has 0 saturated carbocycles. The maximum absolute atomic E-state index is 12.0. The standard InChI is InChI=1S/C16H20N8O/c1-13(10-24-12-18-11-19-24)20-16(25)21-15-5-9-23(22-15)8-4-14-2-6-17-7-3-14/h2-3,5-7,9,11-13H,4,8,10H2,1H3,(H2,20,21,22,25). The van der Waals surface area contributed by atoms with Crippen LogP contribution in [-0.2, 0) is 19.5 Å². The van der Waals surface area contributed by atoms with Gasteiger partial charge in [-0.05, 0) is 31.0 Å². The van der Waals surface area contributed by atoms with Crippen molar-refractivity contribution < 1.29 is 4.79 Å². The van der Waals surface area contributed by atoms with Gasteiger partial charge in [0.1, 0.15) is 12.7 Å². The van der Waals surface area contributed by atoms with E-state index in [0.29, 0.717) is 12.4 Å². The topological polar surface area (TPSA) is 103 Å². The Balaban J connectivity index is 1.45. The highest BCUT2D eigenvalue weighted by molar-refractivity contribution is 5.88. The van der Waals surface area contributed by atoms with Crippen LogP contribution in [0.25, 0.3) is 0 Å². The van der Waals surface area contributed by atoms with Crippen molar-refractivity contribution in [2.45, 2.75) is 32.5 Å². The number of hydrogen-bond acceptors (Lipinski definition) is 5.